The maximum Gasteiger partial charge on any atom is 0.275 e. The highest BCUT2D eigenvalue weighted by Gasteiger charge is 2.13. The minimum absolute atomic E-state index is 0.368. The number of benzene rings is 2. The van der Waals surface area contributed by atoms with Crippen molar-refractivity contribution in [2.45, 2.75) is 6.92 Å². The molecular weight excluding hydrogens is 515 g/mol. The van der Waals surface area contributed by atoms with E-state index in [4.69, 9.17) is 14.2 Å². The first-order valence-corrected chi connectivity index (χ1v) is 9.54. The number of hydrazone groups is 1. The molecule has 0 radical (unpaired) electrons. The quantitative estimate of drug-likeness (QED) is 0.329. The van der Waals surface area contributed by atoms with Gasteiger partial charge in [-0.15, -0.1) is 0 Å². The summed E-state index contributed by atoms with van der Waals surface area (Å²) in [5.41, 5.74) is 3.67. The lowest BCUT2D eigenvalue weighted by atomic mass is 10.2. The largest absolute Gasteiger partial charge is 0.496 e. The van der Waals surface area contributed by atoms with Crippen molar-refractivity contribution >= 4 is 50.6 Å². The van der Waals surface area contributed by atoms with Gasteiger partial charge >= 0.3 is 0 Å². The second kappa shape index (κ2) is 9.77. The van der Waals surface area contributed by atoms with Crippen molar-refractivity contribution in [1.29, 1.82) is 0 Å². The van der Waals surface area contributed by atoms with Gasteiger partial charge in [-0.3, -0.25) is 4.79 Å². The number of rotatable bonds is 7. The van der Waals surface area contributed by atoms with E-state index in [1.165, 1.54) is 7.11 Å². The third-order valence-corrected chi connectivity index (χ3v) is 4.62. The Balaban J connectivity index is 2.18. The molecule has 8 heteroatoms. The van der Waals surface area contributed by atoms with E-state index in [2.05, 4.69) is 49.0 Å². The highest BCUT2D eigenvalue weighted by Crippen LogP contribution is 2.33. The maximum absolute atomic E-state index is 12.3. The first kappa shape index (κ1) is 20.5. The Morgan fingerprint density at radius 3 is 2.65 bits per heavy atom. The molecule has 138 valence electrons. The first-order chi connectivity index (χ1) is 12.5. The lowest BCUT2D eigenvalue weighted by Crippen LogP contribution is -2.18. The third kappa shape index (κ3) is 5.10. The van der Waals surface area contributed by atoms with Crippen LogP contribution in [0.1, 0.15) is 22.8 Å². The van der Waals surface area contributed by atoms with E-state index in [0.29, 0.717) is 29.4 Å². The predicted octanol–water partition coefficient (Wildman–Crippen LogP) is 4.23. The fourth-order valence-corrected chi connectivity index (χ4v) is 3.41. The standard InChI is InChI=1S/C18H18BrIN2O4/c1-4-26-16-8-11(7-14(20)17(16)25-3)10-21-22-18(23)13-9-12(19)5-6-15(13)24-2/h5-10H,4H2,1-3H3,(H,22,23)/b21-10-. The second-order valence-electron chi connectivity index (χ2n) is 5.01. The average Bonchev–Trinajstić information content (AvgIpc) is 2.61. The van der Waals surface area contributed by atoms with Gasteiger partial charge in [0.2, 0.25) is 0 Å². The van der Waals surface area contributed by atoms with Crippen LogP contribution in [-0.4, -0.2) is 32.9 Å². The van der Waals surface area contributed by atoms with Crippen LogP contribution in [0.2, 0.25) is 0 Å². The van der Waals surface area contributed by atoms with Crippen molar-refractivity contribution in [2.75, 3.05) is 20.8 Å². The molecule has 26 heavy (non-hydrogen) atoms. The molecule has 6 nitrogen and oxygen atoms in total. The third-order valence-electron chi connectivity index (χ3n) is 3.32. The summed E-state index contributed by atoms with van der Waals surface area (Å²) >= 11 is 5.51. The number of halogens is 2. The molecule has 0 saturated heterocycles. The van der Waals surface area contributed by atoms with Gasteiger partial charge in [-0.1, -0.05) is 15.9 Å². The molecule has 2 rings (SSSR count). The van der Waals surface area contributed by atoms with Gasteiger partial charge in [0.15, 0.2) is 11.5 Å². The van der Waals surface area contributed by atoms with Gasteiger partial charge in [-0.05, 0) is 65.4 Å². The van der Waals surface area contributed by atoms with E-state index < -0.39 is 0 Å². The summed E-state index contributed by atoms with van der Waals surface area (Å²) < 4.78 is 17.8. The van der Waals surface area contributed by atoms with Gasteiger partial charge < -0.3 is 14.2 Å². The van der Waals surface area contributed by atoms with Crippen molar-refractivity contribution in [3.05, 3.63) is 49.5 Å². The SMILES string of the molecule is CCOc1cc(/C=N\NC(=O)c2cc(Br)ccc2OC)cc(I)c1OC. The first-order valence-electron chi connectivity index (χ1n) is 7.67. The van der Waals surface area contributed by atoms with Gasteiger partial charge in [-0.2, -0.15) is 5.10 Å². The van der Waals surface area contributed by atoms with Crippen LogP contribution in [-0.2, 0) is 0 Å². The molecule has 0 aliphatic rings. The number of nitrogens with zero attached hydrogens (tertiary/aromatic N) is 1. The minimum Gasteiger partial charge on any atom is -0.496 e. The normalized spacial score (nSPS) is 10.7. The molecule has 0 atom stereocenters. The zero-order valence-electron chi connectivity index (χ0n) is 14.5. The summed E-state index contributed by atoms with van der Waals surface area (Å²) in [7, 11) is 3.11. The number of carbonyl (C=O) groups is 1. The zero-order valence-corrected chi connectivity index (χ0v) is 18.3. The summed E-state index contributed by atoms with van der Waals surface area (Å²) in [6.45, 7) is 2.42. The van der Waals surface area contributed by atoms with E-state index >= 15 is 0 Å². The van der Waals surface area contributed by atoms with Crippen LogP contribution < -0.4 is 19.6 Å². The van der Waals surface area contributed by atoms with Crippen LogP contribution in [0.5, 0.6) is 17.2 Å². The van der Waals surface area contributed by atoms with Crippen molar-refractivity contribution in [3.8, 4) is 17.2 Å². The van der Waals surface area contributed by atoms with Crippen molar-refractivity contribution < 1.29 is 19.0 Å². The van der Waals surface area contributed by atoms with Gasteiger partial charge in [0, 0.05) is 4.47 Å². The Labute approximate surface area is 174 Å². The number of hydrogen-bond acceptors (Lipinski definition) is 5. The molecule has 0 unspecified atom stereocenters. The van der Waals surface area contributed by atoms with Crippen LogP contribution in [0.3, 0.4) is 0 Å². The minimum atomic E-state index is -0.368. The Morgan fingerprint density at radius 2 is 2.00 bits per heavy atom. The summed E-state index contributed by atoms with van der Waals surface area (Å²) in [5, 5.41) is 4.03. The monoisotopic (exact) mass is 532 g/mol. The summed E-state index contributed by atoms with van der Waals surface area (Å²) in [4.78, 5) is 12.3. The number of carbonyl (C=O) groups excluding carboxylic acids is 1. The molecule has 0 fully saturated rings. The summed E-state index contributed by atoms with van der Waals surface area (Å²) in [5.74, 6) is 1.40. The molecule has 1 amide bonds. The van der Waals surface area contributed by atoms with Crippen LogP contribution in [0.25, 0.3) is 0 Å². The van der Waals surface area contributed by atoms with Crippen molar-refractivity contribution in [2.24, 2.45) is 5.10 Å². The lowest BCUT2D eigenvalue weighted by molar-refractivity contribution is 0.0952. The molecule has 0 aliphatic heterocycles. The molecule has 0 heterocycles. The molecular formula is C18H18BrIN2O4. The molecule has 0 bridgehead atoms. The number of ether oxygens (including phenoxy) is 3. The molecule has 1 N–H and O–H groups in total. The fourth-order valence-electron chi connectivity index (χ4n) is 2.21. The van der Waals surface area contributed by atoms with Crippen molar-refractivity contribution in [3.63, 3.8) is 0 Å². The van der Waals surface area contributed by atoms with Gasteiger partial charge in [0.1, 0.15) is 5.75 Å². The van der Waals surface area contributed by atoms with Gasteiger partial charge in [-0.25, -0.2) is 5.43 Å². The number of amides is 1. The van der Waals surface area contributed by atoms with Crippen LogP contribution in [0, 0.1) is 3.57 Å². The van der Waals surface area contributed by atoms with E-state index in [9.17, 15) is 4.79 Å². The van der Waals surface area contributed by atoms with Gasteiger partial charge in [0.25, 0.3) is 5.91 Å². The zero-order chi connectivity index (χ0) is 19.1. The smallest absolute Gasteiger partial charge is 0.275 e. The predicted molar refractivity (Wildman–Crippen MR) is 113 cm³/mol. The van der Waals surface area contributed by atoms with Gasteiger partial charge in [0.05, 0.1) is 36.2 Å². The summed E-state index contributed by atoms with van der Waals surface area (Å²) in [6.07, 6.45) is 1.55. The Hall–Kier alpha value is -1.81. The molecule has 0 spiro atoms. The highest BCUT2D eigenvalue weighted by molar-refractivity contribution is 14.1. The molecule has 0 saturated carbocycles. The second-order valence-corrected chi connectivity index (χ2v) is 7.09. The van der Waals surface area contributed by atoms with E-state index in [-0.39, 0.29) is 5.91 Å². The average molecular weight is 533 g/mol. The summed E-state index contributed by atoms with van der Waals surface area (Å²) in [6, 6.07) is 8.88. The van der Waals surface area contributed by atoms with Crippen molar-refractivity contribution in [1.82, 2.24) is 5.43 Å². The number of hydrogen-bond donors (Lipinski definition) is 1. The molecule has 0 aromatic heterocycles. The topological polar surface area (TPSA) is 69.2 Å². The Bertz CT molecular complexity index is 827. The van der Waals surface area contributed by atoms with E-state index in [1.54, 1.807) is 37.6 Å². The van der Waals surface area contributed by atoms with Crippen LogP contribution >= 0.6 is 38.5 Å². The number of methoxy groups -OCH3 is 2. The Morgan fingerprint density at radius 1 is 1.23 bits per heavy atom. The Kier molecular flexibility index (Phi) is 7.70. The van der Waals surface area contributed by atoms with Crippen LogP contribution in [0.15, 0.2) is 39.9 Å². The number of nitrogens with one attached hydrogen (secondary N) is 1. The van der Waals surface area contributed by atoms with E-state index in [1.807, 2.05) is 13.0 Å². The molecule has 2 aromatic rings. The maximum atomic E-state index is 12.3. The fraction of sp³-hybridized carbons (Fsp3) is 0.222. The van der Waals surface area contributed by atoms with E-state index in [0.717, 1.165) is 13.6 Å². The highest BCUT2D eigenvalue weighted by atomic mass is 127. The molecule has 2 aromatic carbocycles. The van der Waals surface area contributed by atoms with Crippen LogP contribution in [0.4, 0.5) is 0 Å². The molecule has 0 aliphatic carbocycles. The lowest BCUT2D eigenvalue weighted by Gasteiger charge is -2.12.